The molecule has 5 heteroatoms. The van der Waals surface area contributed by atoms with Crippen molar-refractivity contribution in [2.45, 2.75) is 12.5 Å². The van der Waals surface area contributed by atoms with Crippen molar-refractivity contribution in [3.8, 4) is 0 Å². The normalized spacial score (nSPS) is 35.1. The number of esters is 2. The maximum atomic E-state index is 11.6. The number of carbonyl (C=O) groups is 2. The highest BCUT2D eigenvalue weighted by Crippen LogP contribution is 2.44. The Morgan fingerprint density at radius 3 is 2.69 bits per heavy atom. The molecule has 0 aromatic heterocycles. The van der Waals surface area contributed by atoms with Crippen LogP contribution in [-0.4, -0.2) is 36.9 Å². The van der Waals surface area contributed by atoms with E-state index in [4.69, 9.17) is 4.74 Å². The number of hydrogen-bond donors (Lipinski definition) is 1. The van der Waals surface area contributed by atoms with Crippen LogP contribution in [0.15, 0.2) is 12.2 Å². The number of methoxy groups -OCH3 is 1. The van der Waals surface area contributed by atoms with Gasteiger partial charge in [-0.1, -0.05) is 12.2 Å². The topological polar surface area (TPSA) is 72.8 Å². The molecule has 1 N–H and O–H groups in total. The molecule has 0 heterocycles. The standard InChI is InChI=1S/C11H14O5/c1-15-9(12)5-16-11(14)8-4-6-2-3-7(8)10(6)13/h2-3,6-8,10,13H,4-5H2,1H3. The fourth-order valence-electron chi connectivity index (χ4n) is 2.37. The summed E-state index contributed by atoms with van der Waals surface area (Å²) in [5.74, 6) is -1.43. The summed E-state index contributed by atoms with van der Waals surface area (Å²) in [6, 6.07) is 0. The summed E-state index contributed by atoms with van der Waals surface area (Å²) in [6.45, 7) is -0.358. The summed E-state index contributed by atoms with van der Waals surface area (Å²) in [7, 11) is 1.24. The second-order valence-corrected chi connectivity index (χ2v) is 4.14. The Kier molecular flexibility index (Phi) is 2.96. The quantitative estimate of drug-likeness (QED) is 0.536. The van der Waals surface area contributed by atoms with E-state index >= 15 is 0 Å². The molecule has 0 saturated heterocycles. The van der Waals surface area contributed by atoms with Crippen molar-refractivity contribution in [1.29, 1.82) is 0 Å². The molecule has 0 aliphatic heterocycles. The van der Waals surface area contributed by atoms with Gasteiger partial charge in [-0.3, -0.25) is 4.79 Å². The molecule has 2 bridgehead atoms. The molecule has 1 saturated carbocycles. The van der Waals surface area contributed by atoms with Crippen molar-refractivity contribution in [2.24, 2.45) is 17.8 Å². The molecule has 2 aliphatic carbocycles. The molecule has 0 aromatic carbocycles. The maximum absolute atomic E-state index is 11.6. The molecule has 2 rings (SSSR count). The van der Waals surface area contributed by atoms with Crippen molar-refractivity contribution in [3.63, 3.8) is 0 Å². The number of fused-ring (bicyclic) bond motifs is 2. The van der Waals surface area contributed by atoms with Gasteiger partial charge < -0.3 is 14.6 Å². The van der Waals surface area contributed by atoms with Gasteiger partial charge in [-0.05, 0) is 6.42 Å². The van der Waals surface area contributed by atoms with E-state index in [1.54, 1.807) is 0 Å². The maximum Gasteiger partial charge on any atom is 0.344 e. The van der Waals surface area contributed by atoms with Crippen LogP contribution >= 0.6 is 0 Å². The summed E-state index contributed by atoms with van der Waals surface area (Å²) in [5.41, 5.74) is 0. The fourth-order valence-corrected chi connectivity index (χ4v) is 2.37. The van der Waals surface area contributed by atoms with E-state index < -0.39 is 18.0 Å². The number of ether oxygens (including phenoxy) is 2. The Labute approximate surface area is 93.0 Å². The van der Waals surface area contributed by atoms with Gasteiger partial charge in [0.15, 0.2) is 6.61 Å². The SMILES string of the molecule is COC(=O)COC(=O)C1CC2C=CC1C2O. The highest BCUT2D eigenvalue weighted by Gasteiger charge is 2.47. The Bertz CT molecular complexity index is 335. The van der Waals surface area contributed by atoms with Crippen LogP contribution in [0.5, 0.6) is 0 Å². The Morgan fingerprint density at radius 2 is 2.19 bits per heavy atom. The molecule has 5 nitrogen and oxygen atoms in total. The number of hydrogen-bond acceptors (Lipinski definition) is 5. The zero-order valence-electron chi connectivity index (χ0n) is 8.96. The van der Waals surface area contributed by atoms with Crippen LogP contribution in [0.25, 0.3) is 0 Å². The van der Waals surface area contributed by atoms with Crippen LogP contribution < -0.4 is 0 Å². The van der Waals surface area contributed by atoms with Gasteiger partial charge in [0, 0.05) is 11.8 Å². The Hall–Kier alpha value is -1.36. The van der Waals surface area contributed by atoms with Crippen molar-refractivity contribution < 1.29 is 24.2 Å². The van der Waals surface area contributed by atoms with Crippen LogP contribution in [0, 0.1) is 17.8 Å². The van der Waals surface area contributed by atoms with E-state index in [1.807, 2.05) is 12.2 Å². The molecule has 88 valence electrons. The lowest BCUT2D eigenvalue weighted by Gasteiger charge is -2.16. The largest absolute Gasteiger partial charge is 0.466 e. The van der Waals surface area contributed by atoms with Crippen molar-refractivity contribution in [1.82, 2.24) is 0 Å². The van der Waals surface area contributed by atoms with Gasteiger partial charge >= 0.3 is 11.9 Å². The van der Waals surface area contributed by atoms with Crippen LogP contribution in [0.1, 0.15) is 6.42 Å². The van der Waals surface area contributed by atoms with Gasteiger partial charge in [0.05, 0.1) is 19.1 Å². The molecular weight excluding hydrogens is 212 g/mol. The number of aliphatic hydroxyl groups excluding tert-OH is 1. The zero-order valence-corrected chi connectivity index (χ0v) is 8.96. The molecule has 0 amide bonds. The smallest absolute Gasteiger partial charge is 0.344 e. The molecular formula is C11H14O5. The summed E-state index contributed by atoms with van der Waals surface area (Å²) in [6.07, 6.45) is 3.90. The predicted molar refractivity (Wildman–Crippen MR) is 53.2 cm³/mol. The highest BCUT2D eigenvalue weighted by molar-refractivity contribution is 5.78. The first-order chi connectivity index (χ1) is 7.63. The summed E-state index contributed by atoms with van der Waals surface area (Å²) >= 11 is 0. The van der Waals surface area contributed by atoms with E-state index in [1.165, 1.54) is 7.11 Å². The lowest BCUT2D eigenvalue weighted by molar-refractivity contribution is -0.160. The van der Waals surface area contributed by atoms with Gasteiger partial charge in [0.25, 0.3) is 0 Å². The molecule has 4 unspecified atom stereocenters. The van der Waals surface area contributed by atoms with E-state index in [0.29, 0.717) is 6.42 Å². The third-order valence-corrected chi connectivity index (χ3v) is 3.27. The Balaban J connectivity index is 1.88. The zero-order chi connectivity index (χ0) is 11.7. The molecule has 0 radical (unpaired) electrons. The molecule has 16 heavy (non-hydrogen) atoms. The van der Waals surface area contributed by atoms with E-state index in [9.17, 15) is 14.7 Å². The van der Waals surface area contributed by atoms with Crippen molar-refractivity contribution >= 4 is 11.9 Å². The molecule has 0 spiro atoms. The number of aliphatic hydroxyl groups is 1. The van der Waals surface area contributed by atoms with E-state index in [2.05, 4.69) is 4.74 Å². The average molecular weight is 226 g/mol. The molecule has 0 aromatic rings. The molecule has 4 atom stereocenters. The van der Waals surface area contributed by atoms with Crippen LogP contribution in [0.4, 0.5) is 0 Å². The minimum absolute atomic E-state index is 0.0562. The lowest BCUT2D eigenvalue weighted by atomic mass is 9.94. The van der Waals surface area contributed by atoms with Gasteiger partial charge in [0.1, 0.15) is 0 Å². The third-order valence-electron chi connectivity index (χ3n) is 3.27. The molecule has 1 fully saturated rings. The van der Waals surface area contributed by atoms with Crippen LogP contribution in [0.2, 0.25) is 0 Å². The number of rotatable bonds is 3. The minimum Gasteiger partial charge on any atom is -0.466 e. The monoisotopic (exact) mass is 226 g/mol. The van der Waals surface area contributed by atoms with Crippen LogP contribution in [0.3, 0.4) is 0 Å². The summed E-state index contributed by atoms with van der Waals surface area (Å²) < 4.78 is 9.19. The van der Waals surface area contributed by atoms with E-state index in [0.717, 1.165) is 0 Å². The lowest BCUT2D eigenvalue weighted by Crippen LogP contribution is -2.26. The third kappa shape index (κ3) is 1.82. The van der Waals surface area contributed by atoms with Gasteiger partial charge in [-0.15, -0.1) is 0 Å². The second-order valence-electron chi connectivity index (χ2n) is 4.14. The first kappa shape index (κ1) is 11.1. The summed E-state index contributed by atoms with van der Waals surface area (Å²) in [4.78, 5) is 22.4. The van der Waals surface area contributed by atoms with Gasteiger partial charge in [0.2, 0.25) is 0 Å². The van der Waals surface area contributed by atoms with Crippen molar-refractivity contribution in [2.75, 3.05) is 13.7 Å². The second kappa shape index (κ2) is 4.25. The number of carbonyl (C=O) groups excluding carboxylic acids is 2. The fraction of sp³-hybridized carbons (Fsp3) is 0.636. The predicted octanol–water partition coefficient (Wildman–Crippen LogP) is -0.114. The van der Waals surface area contributed by atoms with Crippen molar-refractivity contribution in [3.05, 3.63) is 12.2 Å². The average Bonchev–Trinajstić information content (AvgIpc) is 2.81. The van der Waals surface area contributed by atoms with Gasteiger partial charge in [-0.2, -0.15) is 0 Å². The highest BCUT2D eigenvalue weighted by atomic mass is 16.6. The first-order valence-corrected chi connectivity index (χ1v) is 5.23. The summed E-state index contributed by atoms with van der Waals surface area (Å²) in [5, 5.41) is 9.71. The first-order valence-electron chi connectivity index (χ1n) is 5.23. The van der Waals surface area contributed by atoms with E-state index in [-0.39, 0.29) is 24.4 Å². The van der Waals surface area contributed by atoms with Gasteiger partial charge in [-0.25, -0.2) is 4.79 Å². The minimum atomic E-state index is -0.576. The van der Waals surface area contributed by atoms with Crippen LogP contribution in [-0.2, 0) is 19.1 Å². The molecule has 2 aliphatic rings. The Morgan fingerprint density at radius 1 is 1.44 bits per heavy atom.